The maximum Gasteiger partial charge on any atom is 0.219 e. The Balaban J connectivity index is 2.25. The van der Waals surface area contributed by atoms with Gasteiger partial charge in [-0.1, -0.05) is 13.8 Å². The summed E-state index contributed by atoms with van der Waals surface area (Å²) in [6, 6.07) is 2.22. The van der Waals surface area contributed by atoms with Gasteiger partial charge in [-0.15, -0.1) is 0 Å². The van der Waals surface area contributed by atoms with Crippen LogP contribution in [0.25, 0.3) is 0 Å². The molecule has 1 aliphatic heterocycles. The molecule has 1 aromatic rings. The van der Waals surface area contributed by atoms with Gasteiger partial charge in [0.1, 0.15) is 5.69 Å². The highest BCUT2D eigenvalue weighted by atomic mass is 32.1. The number of carbonyl (C=O) groups is 1. The smallest absolute Gasteiger partial charge is 0.219 e. The number of anilines is 1. The van der Waals surface area contributed by atoms with Gasteiger partial charge < -0.3 is 9.80 Å². The van der Waals surface area contributed by atoms with Gasteiger partial charge in [0.05, 0.1) is 17.0 Å². The molecule has 0 unspecified atom stereocenters. The quantitative estimate of drug-likeness (QED) is 0.635. The number of pyridine rings is 1. The van der Waals surface area contributed by atoms with Gasteiger partial charge in [0.2, 0.25) is 5.91 Å². The summed E-state index contributed by atoms with van der Waals surface area (Å²) in [5.41, 5.74) is 1.77. The largest absolute Gasteiger partial charge is 0.369 e. The third-order valence-electron chi connectivity index (χ3n) is 4.41. The molecule has 118 valence electrons. The van der Waals surface area contributed by atoms with Gasteiger partial charge in [-0.05, 0) is 30.1 Å². The van der Waals surface area contributed by atoms with E-state index < -0.39 is 0 Å². The molecule has 1 amide bonds. The lowest BCUT2D eigenvalue weighted by atomic mass is 9.84. The predicted octanol–water partition coefficient (Wildman–Crippen LogP) is 2.76. The number of isothiocyanates is 1. The number of hydrogen-bond donors (Lipinski definition) is 0. The molecule has 0 N–H and O–H groups in total. The van der Waals surface area contributed by atoms with Crippen molar-refractivity contribution in [2.75, 3.05) is 25.0 Å². The SMILES string of the molecule is CC(=O)N(C)[C@@H]1[C@H](C)CN(c2ccncc2N=C=S)C[C@@H]1C. The average molecular weight is 318 g/mol. The zero-order valence-electron chi connectivity index (χ0n) is 13.5. The molecular weight excluding hydrogens is 296 g/mol. The topological polar surface area (TPSA) is 48.8 Å². The van der Waals surface area contributed by atoms with E-state index in [1.807, 2.05) is 18.0 Å². The second-order valence-electron chi connectivity index (χ2n) is 6.05. The van der Waals surface area contributed by atoms with Crippen molar-refractivity contribution in [1.82, 2.24) is 9.88 Å². The molecule has 2 rings (SSSR count). The minimum absolute atomic E-state index is 0.118. The number of rotatable bonds is 3. The van der Waals surface area contributed by atoms with Crippen molar-refractivity contribution in [3.63, 3.8) is 0 Å². The molecule has 0 bridgehead atoms. The molecule has 0 aliphatic carbocycles. The number of thiocarbonyl (C=S) groups is 1. The molecule has 1 fully saturated rings. The van der Waals surface area contributed by atoms with E-state index in [-0.39, 0.29) is 11.9 Å². The van der Waals surface area contributed by atoms with E-state index in [0.29, 0.717) is 11.8 Å². The lowest BCUT2D eigenvalue weighted by Gasteiger charge is -2.46. The minimum atomic E-state index is 0.118. The fourth-order valence-corrected chi connectivity index (χ4v) is 3.60. The van der Waals surface area contributed by atoms with E-state index >= 15 is 0 Å². The molecule has 6 heteroatoms. The number of carbonyl (C=O) groups excluding carboxylic acids is 1. The maximum absolute atomic E-state index is 11.7. The van der Waals surface area contributed by atoms with Gasteiger partial charge >= 0.3 is 0 Å². The molecule has 0 spiro atoms. The standard InChI is InChI=1S/C16H22N4OS/c1-11-8-20(9-12(2)16(11)19(4)13(3)21)15-5-6-17-7-14(15)18-10-22/h5-7,11-12,16H,8-9H2,1-4H3/t11-,12+,16-. The van der Waals surface area contributed by atoms with Crippen LogP contribution < -0.4 is 4.90 Å². The molecule has 2 heterocycles. The van der Waals surface area contributed by atoms with Gasteiger partial charge in [-0.3, -0.25) is 9.78 Å². The van der Waals surface area contributed by atoms with Crippen molar-refractivity contribution in [2.45, 2.75) is 26.8 Å². The minimum Gasteiger partial charge on any atom is -0.369 e. The molecule has 5 nitrogen and oxygen atoms in total. The molecule has 1 saturated heterocycles. The zero-order valence-corrected chi connectivity index (χ0v) is 14.3. The van der Waals surface area contributed by atoms with Crippen LogP contribution in [0.1, 0.15) is 20.8 Å². The Bertz CT molecular complexity index is 588. The summed E-state index contributed by atoms with van der Waals surface area (Å²) < 4.78 is 0. The Morgan fingerprint density at radius 1 is 1.45 bits per heavy atom. The van der Waals surface area contributed by atoms with Crippen LogP contribution in [0.2, 0.25) is 0 Å². The number of hydrogen-bond acceptors (Lipinski definition) is 5. The van der Waals surface area contributed by atoms with Crippen LogP contribution in [0, 0.1) is 11.8 Å². The van der Waals surface area contributed by atoms with Crippen LogP contribution in [0.3, 0.4) is 0 Å². The second kappa shape index (κ2) is 6.99. The lowest BCUT2D eigenvalue weighted by Crippen LogP contribution is -2.55. The third-order valence-corrected chi connectivity index (χ3v) is 4.50. The van der Waals surface area contributed by atoms with Gasteiger partial charge in [0.15, 0.2) is 0 Å². The van der Waals surface area contributed by atoms with E-state index in [2.05, 4.69) is 33.9 Å². The monoisotopic (exact) mass is 318 g/mol. The Labute approximate surface area is 137 Å². The summed E-state index contributed by atoms with van der Waals surface area (Å²) in [5, 5.41) is 2.42. The average Bonchev–Trinajstić information content (AvgIpc) is 2.47. The fraction of sp³-hybridized carbons (Fsp3) is 0.562. The van der Waals surface area contributed by atoms with Gasteiger partial charge in [0.25, 0.3) is 0 Å². The molecule has 22 heavy (non-hydrogen) atoms. The van der Waals surface area contributed by atoms with Crippen LogP contribution in [-0.4, -0.2) is 47.1 Å². The Morgan fingerprint density at radius 2 is 2.09 bits per heavy atom. The van der Waals surface area contributed by atoms with Crippen LogP contribution in [0.5, 0.6) is 0 Å². The Kier molecular flexibility index (Phi) is 5.27. The molecular formula is C16H22N4OS. The number of aromatic nitrogens is 1. The molecule has 0 radical (unpaired) electrons. The van der Waals surface area contributed by atoms with E-state index in [0.717, 1.165) is 24.5 Å². The van der Waals surface area contributed by atoms with Crippen LogP contribution in [0.4, 0.5) is 11.4 Å². The summed E-state index contributed by atoms with van der Waals surface area (Å²) in [4.78, 5) is 24.1. The predicted molar refractivity (Wildman–Crippen MR) is 91.7 cm³/mol. The molecule has 1 aliphatic rings. The van der Waals surface area contributed by atoms with Crippen LogP contribution >= 0.6 is 12.2 Å². The van der Waals surface area contributed by atoms with Gasteiger partial charge in [-0.2, -0.15) is 4.99 Å². The second-order valence-corrected chi connectivity index (χ2v) is 6.23. The molecule has 0 aromatic carbocycles. The number of aliphatic imine (C=N–C) groups is 1. The van der Waals surface area contributed by atoms with Gasteiger partial charge in [-0.25, -0.2) is 0 Å². The highest BCUT2D eigenvalue weighted by Crippen LogP contribution is 2.34. The van der Waals surface area contributed by atoms with Crippen molar-refractivity contribution in [1.29, 1.82) is 0 Å². The number of amides is 1. The summed E-state index contributed by atoms with van der Waals surface area (Å²) in [6.07, 6.45) is 3.47. The van der Waals surface area contributed by atoms with E-state index in [1.165, 1.54) is 0 Å². The van der Waals surface area contributed by atoms with Crippen LogP contribution in [-0.2, 0) is 4.79 Å². The first-order chi connectivity index (χ1) is 10.5. The summed E-state index contributed by atoms with van der Waals surface area (Å²) in [7, 11) is 1.89. The first-order valence-electron chi connectivity index (χ1n) is 7.46. The maximum atomic E-state index is 11.7. The van der Waals surface area contributed by atoms with E-state index in [1.54, 1.807) is 19.3 Å². The van der Waals surface area contributed by atoms with Crippen molar-refractivity contribution >= 4 is 34.7 Å². The molecule has 0 saturated carbocycles. The molecule has 1 aromatic heterocycles. The summed E-state index contributed by atoms with van der Waals surface area (Å²) in [6.45, 7) is 7.75. The van der Waals surface area contributed by atoms with E-state index in [4.69, 9.17) is 12.2 Å². The van der Waals surface area contributed by atoms with Crippen molar-refractivity contribution in [2.24, 2.45) is 16.8 Å². The normalized spacial score (nSPS) is 24.5. The number of nitrogens with zero attached hydrogens (tertiary/aromatic N) is 4. The Morgan fingerprint density at radius 3 is 2.64 bits per heavy atom. The summed E-state index contributed by atoms with van der Waals surface area (Å²) >= 11 is 4.72. The first kappa shape index (κ1) is 16.6. The van der Waals surface area contributed by atoms with E-state index in [9.17, 15) is 4.79 Å². The van der Waals surface area contributed by atoms with Crippen molar-refractivity contribution in [3.8, 4) is 0 Å². The van der Waals surface area contributed by atoms with Crippen LogP contribution in [0.15, 0.2) is 23.5 Å². The van der Waals surface area contributed by atoms with Gasteiger partial charge in [0, 0.05) is 39.3 Å². The highest BCUT2D eigenvalue weighted by Gasteiger charge is 2.36. The Hall–Kier alpha value is -1.78. The third kappa shape index (κ3) is 3.34. The fourth-order valence-electron chi connectivity index (χ4n) is 3.50. The first-order valence-corrected chi connectivity index (χ1v) is 7.86. The number of piperidine rings is 1. The summed E-state index contributed by atoms with van der Waals surface area (Å²) in [5.74, 6) is 0.859. The highest BCUT2D eigenvalue weighted by molar-refractivity contribution is 7.78. The van der Waals surface area contributed by atoms with Crippen molar-refractivity contribution < 1.29 is 4.79 Å². The lowest BCUT2D eigenvalue weighted by molar-refractivity contribution is -0.131. The van der Waals surface area contributed by atoms with Crippen molar-refractivity contribution in [3.05, 3.63) is 18.5 Å². The molecule has 3 atom stereocenters. The zero-order chi connectivity index (χ0) is 16.3.